The number of nitrogens with zero attached hydrogens (tertiary/aromatic N) is 3. The summed E-state index contributed by atoms with van der Waals surface area (Å²) in [7, 11) is 0. The summed E-state index contributed by atoms with van der Waals surface area (Å²) in [4.78, 5) is 35.1. The summed E-state index contributed by atoms with van der Waals surface area (Å²) in [5.41, 5.74) is 0.962. The third kappa shape index (κ3) is 3.04. The van der Waals surface area contributed by atoms with Crippen LogP contribution >= 0.6 is 11.6 Å². The van der Waals surface area contributed by atoms with Gasteiger partial charge in [0, 0.05) is 23.0 Å². The minimum atomic E-state index is -0.902. The molecule has 7 heteroatoms. The highest BCUT2D eigenvalue weighted by atomic mass is 35.5. The Bertz CT molecular complexity index is 1080. The fourth-order valence-electron chi connectivity index (χ4n) is 3.20. The number of Topliss-reactive ketones (excluding diaryl/α,β-unsaturated/α-hetero) is 1. The van der Waals surface area contributed by atoms with Crippen LogP contribution in [0.2, 0.25) is 5.02 Å². The Morgan fingerprint density at radius 1 is 0.964 bits per heavy atom. The molecule has 1 saturated heterocycles. The number of aliphatic hydroxyl groups is 1. The van der Waals surface area contributed by atoms with Crippen molar-refractivity contribution in [3.8, 4) is 0 Å². The summed E-state index contributed by atoms with van der Waals surface area (Å²) >= 11 is 6.14. The lowest BCUT2D eigenvalue weighted by Gasteiger charge is -2.23. The van der Waals surface area contributed by atoms with Crippen LogP contribution in [-0.2, 0) is 9.59 Å². The molecule has 0 bridgehead atoms. The Kier molecular flexibility index (Phi) is 4.63. The summed E-state index contributed by atoms with van der Waals surface area (Å²) in [6.07, 6.45) is 2.96. The Hall–Kier alpha value is -3.51. The standard InChI is InChI=1S/C21H14ClN3O3/c22-15-9-4-8-14(12-15)17-16(18(26)13-6-2-1-3-7-13)19(27)20(28)25(17)21-23-10-5-11-24-21/h1-12,17,26H/b18-16+/t17-/m1/s1. The van der Waals surface area contributed by atoms with E-state index in [1.54, 1.807) is 60.7 Å². The second kappa shape index (κ2) is 7.25. The molecule has 1 aromatic heterocycles. The lowest BCUT2D eigenvalue weighted by molar-refractivity contribution is -0.132. The maximum absolute atomic E-state index is 12.9. The number of halogens is 1. The minimum Gasteiger partial charge on any atom is -0.507 e. The molecule has 0 aliphatic carbocycles. The van der Waals surface area contributed by atoms with Crippen LogP contribution in [0.1, 0.15) is 17.2 Å². The molecule has 1 aliphatic heterocycles. The van der Waals surface area contributed by atoms with E-state index in [2.05, 4.69) is 9.97 Å². The van der Waals surface area contributed by atoms with Crippen LogP contribution in [0.3, 0.4) is 0 Å². The van der Waals surface area contributed by atoms with Crippen LogP contribution in [0.4, 0.5) is 5.95 Å². The summed E-state index contributed by atoms with van der Waals surface area (Å²) in [6.45, 7) is 0. The first-order valence-corrected chi connectivity index (χ1v) is 8.84. The molecule has 2 aromatic carbocycles. The van der Waals surface area contributed by atoms with Gasteiger partial charge < -0.3 is 5.11 Å². The van der Waals surface area contributed by atoms with Crippen LogP contribution in [0.15, 0.2) is 78.6 Å². The average molecular weight is 392 g/mol. The largest absolute Gasteiger partial charge is 0.507 e. The number of anilines is 1. The van der Waals surface area contributed by atoms with Gasteiger partial charge in [-0.25, -0.2) is 9.97 Å². The van der Waals surface area contributed by atoms with Crippen molar-refractivity contribution < 1.29 is 14.7 Å². The van der Waals surface area contributed by atoms with Gasteiger partial charge in [-0.2, -0.15) is 0 Å². The van der Waals surface area contributed by atoms with E-state index >= 15 is 0 Å². The Balaban J connectivity index is 1.96. The highest BCUT2D eigenvalue weighted by Gasteiger charge is 2.48. The lowest BCUT2D eigenvalue weighted by atomic mass is 9.95. The van der Waals surface area contributed by atoms with Gasteiger partial charge in [-0.1, -0.05) is 54.1 Å². The fraction of sp³-hybridized carbons (Fsp3) is 0.0476. The van der Waals surface area contributed by atoms with Gasteiger partial charge in [-0.05, 0) is 23.8 Å². The molecule has 0 spiro atoms. The maximum Gasteiger partial charge on any atom is 0.302 e. The van der Waals surface area contributed by atoms with Crippen molar-refractivity contribution in [1.82, 2.24) is 9.97 Å². The summed E-state index contributed by atoms with van der Waals surface area (Å²) in [6, 6.07) is 16.1. The van der Waals surface area contributed by atoms with E-state index in [0.29, 0.717) is 16.1 Å². The normalized spacial score (nSPS) is 18.5. The van der Waals surface area contributed by atoms with Crippen molar-refractivity contribution in [2.45, 2.75) is 6.04 Å². The number of hydrogen-bond donors (Lipinski definition) is 1. The van der Waals surface area contributed by atoms with Crippen LogP contribution in [0.25, 0.3) is 5.76 Å². The predicted molar refractivity (Wildman–Crippen MR) is 105 cm³/mol. The highest BCUT2D eigenvalue weighted by molar-refractivity contribution is 6.51. The number of aliphatic hydroxyl groups excluding tert-OH is 1. The predicted octanol–water partition coefficient (Wildman–Crippen LogP) is 3.76. The quantitative estimate of drug-likeness (QED) is 0.417. The number of hydrogen-bond acceptors (Lipinski definition) is 5. The van der Waals surface area contributed by atoms with Gasteiger partial charge in [0.05, 0.1) is 11.6 Å². The van der Waals surface area contributed by atoms with E-state index in [0.717, 1.165) is 0 Å². The van der Waals surface area contributed by atoms with Crippen molar-refractivity contribution in [2.24, 2.45) is 0 Å². The van der Waals surface area contributed by atoms with E-state index in [-0.39, 0.29) is 17.3 Å². The molecule has 2 heterocycles. The second-order valence-corrected chi connectivity index (χ2v) is 6.58. The van der Waals surface area contributed by atoms with Gasteiger partial charge in [-0.3, -0.25) is 14.5 Å². The molecule has 6 nitrogen and oxygen atoms in total. The zero-order chi connectivity index (χ0) is 19.7. The molecule has 138 valence electrons. The van der Waals surface area contributed by atoms with Crippen LogP contribution < -0.4 is 4.90 Å². The SMILES string of the molecule is O=C1C(=O)N(c2ncccn2)[C@H](c2cccc(Cl)c2)/C1=C(\O)c1ccccc1. The fourth-order valence-corrected chi connectivity index (χ4v) is 3.40. The number of carbonyl (C=O) groups is 2. The molecule has 1 atom stereocenters. The number of aromatic nitrogens is 2. The van der Waals surface area contributed by atoms with Gasteiger partial charge in [0.25, 0.3) is 5.78 Å². The lowest BCUT2D eigenvalue weighted by Crippen LogP contribution is -2.31. The van der Waals surface area contributed by atoms with Crippen molar-refractivity contribution >= 4 is 35.0 Å². The van der Waals surface area contributed by atoms with Gasteiger partial charge >= 0.3 is 5.91 Å². The molecule has 0 radical (unpaired) electrons. The molecule has 4 rings (SSSR count). The smallest absolute Gasteiger partial charge is 0.302 e. The van der Waals surface area contributed by atoms with Crippen LogP contribution in [-0.4, -0.2) is 26.8 Å². The second-order valence-electron chi connectivity index (χ2n) is 6.14. The third-order valence-electron chi connectivity index (χ3n) is 4.42. The van der Waals surface area contributed by atoms with E-state index in [1.165, 1.54) is 17.3 Å². The van der Waals surface area contributed by atoms with Gasteiger partial charge in [0.15, 0.2) is 0 Å². The summed E-state index contributed by atoms with van der Waals surface area (Å²) < 4.78 is 0. The van der Waals surface area contributed by atoms with Crippen molar-refractivity contribution in [2.75, 3.05) is 4.90 Å². The minimum absolute atomic E-state index is 0.0362. The Morgan fingerprint density at radius 2 is 1.68 bits per heavy atom. The molecule has 0 saturated carbocycles. The molecule has 1 aliphatic rings. The van der Waals surface area contributed by atoms with Crippen molar-refractivity contribution in [3.63, 3.8) is 0 Å². The number of ketones is 1. The van der Waals surface area contributed by atoms with E-state index in [4.69, 9.17) is 11.6 Å². The molecule has 28 heavy (non-hydrogen) atoms. The third-order valence-corrected chi connectivity index (χ3v) is 4.66. The van der Waals surface area contributed by atoms with E-state index < -0.39 is 17.7 Å². The van der Waals surface area contributed by atoms with Crippen molar-refractivity contribution in [3.05, 3.63) is 94.8 Å². The van der Waals surface area contributed by atoms with Gasteiger partial charge in [-0.15, -0.1) is 0 Å². The number of benzene rings is 2. The van der Waals surface area contributed by atoms with Gasteiger partial charge in [0.2, 0.25) is 5.95 Å². The molecule has 0 unspecified atom stereocenters. The zero-order valence-corrected chi connectivity index (χ0v) is 15.2. The molecule has 1 fully saturated rings. The molecular formula is C21H14ClN3O3. The van der Waals surface area contributed by atoms with Crippen molar-refractivity contribution in [1.29, 1.82) is 0 Å². The molecular weight excluding hydrogens is 378 g/mol. The summed E-state index contributed by atoms with van der Waals surface area (Å²) in [5.74, 6) is -1.81. The van der Waals surface area contributed by atoms with Crippen LogP contribution in [0, 0.1) is 0 Å². The molecule has 3 aromatic rings. The number of amides is 1. The Labute approximate surface area is 165 Å². The van der Waals surface area contributed by atoms with Gasteiger partial charge in [0.1, 0.15) is 5.76 Å². The first kappa shape index (κ1) is 17.9. The number of carbonyl (C=O) groups excluding carboxylic acids is 2. The first-order valence-electron chi connectivity index (χ1n) is 8.47. The highest BCUT2D eigenvalue weighted by Crippen LogP contribution is 2.41. The van der Waals surface area contributed by atoms with E-state index in [1.807, 2.05) is 0 Å². The van der Waals surface area contributed by atoms with E-state index in [9.17, 15) is 14.7 Å². The maximum atomic E-state index is 12.9. The average Bonchev–Trinajstić information content (AvgIpc) is 3.00. The molecule has 1 amide bonds. The first-order chi connectivity index (χ1) is 13.6. The number of rotatable bonds is 3. The monoisotopic (exact) mass is 391 g/mol. The Morgan fingerprint density at radius 3 is 2.36 bits per heavy atom. The topological polar surface area (TPSA) is 83.4 Å². The van der Waals surface area contributed by atoms with Crippen LogP contribution in [0.5, 0.6) is 0 Å². The summed E-state index contributed by atoms with van der Waals surface area (Å²) in [5, 5.41) is 11.3. The zero-order valence-electron chi connectivity index (χ0n) is 14.5. The molecule has 1 N–H and O–H groups in total.